The summed E-state index contributed by atoms with van der Waals surface area (Å²) in [6.07, 6.45) is 0. The quantitative estimate of drug-likeness (QED) is 0.836. The van der Waals surface area contributed by atoms with E-state index in [2.05, 4.69) is 56.4 Å². The predicted molar refractivity (Wildman–Crippen MR) is 68.7 cm³/mol. The molecule has 88 valence electrons. The zero-order valence-corrected chi connectivity index (χ0v) is 10.7. The van der Waals surface area contributed by atoms with Gasteiger partial charge in [0.1, 0.15) is 0 Å². The second kappa shape index (κ2) is 4.56. The summed E-state index contributed by atoms with van der Waals surface area (Å²) >= 11 is 0. The van der Waals surface area contributed by atoms with E-state index in [9.17, 15) is 0 Å². The Morgan fingerprint density at radius 1 is 1.19 bits per heavy atom. The van der Waals surface area contributed by atoms with E-state index in [1.54, 1.807) is 0 Å². The molecular weight excluding hydrogens is 196 g/mol. The van der Waals surface area contributed by atoms with E-state index in [-0.39, 0.29) is 0 Å². The van der Waals surface area contributed by atoms with Crippen molar-refractivity contribution >= 4 is 0 Å². The fraction of sp³-hybridized carbons (Fsp3) is 0.571. The molecule has 1 aromatic carbocycles. The molecule has 0 saturated carbocycles. The summed E-state index contributed by atoms with van der Waals surface area (Å²) in [5.74, 6) is 0.761. The van der Waals surface area contributed by atoms with Gasteiger partial charge in [0.05, 0.1) is 0 Å². The first-order valence-electron chi connectivity index (χ1n) is 6.04. The highest BCUT2D eigenvalue weighted by atomic mass is 15.1. The van der Waals surface area contributed by atoms with Crippen molar-refractivity contribution in [1.82, 2.24) is 10.2 Å². The van der Waals surface area contributed by atoms with Gasteiger partial charge in [-0.3, -0.25) is 0 Å². The van der Waals surface area contributed by atoms with Crippen molar-refractivity contribution in [3.05, 3.63) is 34.9 Å². The van der Waals surface area contributed by atoms with E-state index in [0.717, 1.165) is 19.0 Å². The van der Waals surface area contributed by atoms with Crippen molar-refractivity contribution in [2.24, 2.45) is 5.92 Å². The minimum absolute atomic E-state index is 0.556. The van der Waals surface area contributed by atoms with E-state index < -0.39 is 0 Å². The second-order valence-corrected chi connectivity index (χ2v) is 5.17. The van der Waals surface area contributed by atoms with Crippen LogP contribution >= 0.6 is 0 Å². The second-order valence-electron chi connectivity index (χ2n) is 5.17. The Hall–Kier alpha value is -0.860. The van der Waals surface area contributed by atoms with Crippen molar-refractivity contribution in [1.29, 1.82) is 0 Å². The van der Waals surface area contributed by atoms with Crippen LogP contribution in [0.25, 0.3) is 0 Å². The summed E-state index contributed by atoms with van der Waals surface area (Å²) < 4.78 is 0. The first-order chi connectivity index (χ1) is 7.59. The standard InChI is InChI=1S/C14H22N2/c1-10-5-6-12(7-11(10)2)14(16(3)4)13-8-15-9-13/h5-7,13-15H,8-9H2,1-4H3. The average molecular weight is 218 g/mol. The maximum absolute atomic E-state index is 3.37. The summed E-state index contributed by atoms with van der Waals surface area (Å²) in [5, 5.41) is 3.37. The van der Waals surface area contributed by atoms with E-state index in [1.165, 1.54) is 16.7 Å². The van der Waals surface area contributed by atoms with Gasteiger partial charge in [-0.25, -0.2) is 0 Å². The molecule has 0 aliphatic carbocycles. The van der Waals surface area contributed by atoms with Crippen LogP contribution in [0.3, 0.4) is 0 Å². The highest BCUT2D eigenvalue weighted by molar-refractivity contribution is 5.32. The minimum atomic E-state index is 0.556. The van der Waals surface area contributed by atoms with Crippen LogP contribution in [0, 0.1) is 19.8 Å². The lowest BCUT2D eigenvalue weighted by atomic mass is 9.86. The molecule has 0 bridgehead atoms. The average Bonchev–Trinajstić information content (AvgIpc) is 2.15. The molecule has 0 amide bonds. The Morgan fingerprint density at radius 2 is 1.88 bits per heavy atom. The third-order valence-corrected chi connectivity index (χ3v) is 3.69. The fourth-order valence-corrected chi connectivity index (χ4v) is 2.47. The Bertz CT molecular complexity index is 367. The van der Waals surface area contributed by atoms with Crippen LogP contribution in [0.2, 0.25) is 0 Å². The van der Waals surface area contributed by atoms with Gasteiger partial charge in [-0.05, 0) is 44.6 Å². The van der Waals surface area contributed by atoms with Gasteiger partial charge in [0.2, 0.25) is 0 Å². The molecule has 1 unspecified atom stereocenters. The zero-order valence-electron chi connectivity index (χ0n) is 10.7. The lowest BCUT2D eigenvalue weighted by Crippen LogP contribution is -2.48. The molecule has 0 radical (unpaired) electrons. The van der Waals surface area contributed by atoms with E-state index in [1.807, 2.05) is 0 Å². The molecular formula is C14H22N2. The number of nitrogens with one attached hydrogen (secondary N) is 1. The molecule has 2 heteroatoms. The smallest absolute Gasteiger partial charge is 0.0394 e. The molecule has 1 fully saturated rings. The summed E-state index contributed by atoms with van der Waals surface area (Å²) in [4.78, 5) is 2.34. The van der Waals surface area contributed by atoms with E-state index >= 15 is 0 Å². The van der Waals surface area contributed by atoms with Crippen LogP contribution in [0.4, 0.5) is 0 Å². The van der Waals surface area contributed by atoms with Gasteiger partial charge in [-0.15, -0.1) is 0 Å². The number of hydrogen-bond acceptors (Lipinski definition) is 2. The Kier molecular flexibility index (Phi) is 3.31. The molecule has 0 aromatic heterocycles. The van der Waals surface area contributed by atoms with Crippen molar-refractivity contribution < 1.29 is 0 Å². The Labute approximate surface area is 98.7 Å². The van der Waals surface area contributed by atoms with Gasteiger partial charge in [0.15, 0.2) is 0 Å². The molecule has 1 saturated heterocycles. The summed E-state index contributed by atoms with van der Waals surface area (Å²) in [5.41, 5.74) is 4.24. The summed E-state index contributed by atoms with van der Waals surface area (Å²) in [6, 6.07) is 7.43. The molecule has 16 heavy (non-hydrogen) atoms. The number of hydrogen-bond donors (Lipinski definition) is 1. The topological polar surface area (TPSA) is 15.3 Å². The Balaban J connectivity index is 2.27. The molecule has 0 spiro atoms. The maximum Gasteiger partial charge on any atom is 0.0394 e. The molecule has 1 N–H and O–H groups in total. The number of rotatable bonds is 3. The van der Waals surface area contributed by atoms with Gasteiger partial charge in [0.25, 0.3) is 0 Å². The van der Waals surface area contributed by atoms with E-state index in [4.69, 9.17) is 0 Å². The van der Waals surface area contributed by atoms with Crippen molar-refractivity contribution in [3.63, 3.8) is 0 Å². The predicted octanol–water partition coefficient (Wildman–Crippen LogP) is 2.13. The number of nitrogens with zero attached hydrogens (tertiary/aromatic N) is 1. The molecule has 2 nitrogen and oxygen atoms in total. The van der Waals surface area contributed by atoms with Crippen LogP contribution < -0.4 is 5.32 Å². The minimum Gasteiger partial charge on any atom is -0.316 e. The van der Waals surface area contributed by atoms with Gasteiger partial charge in [-0.1, -0.05) is 18.2 Å². The van der Waals surface area contributed by atoms with Crippen LogP contribution in [-0.4, -0.2) is 32.1 Å². The van der Waals surface area contributed by atoms with Crippen molar-refractivity contribution in [3.8, 4) is 0 Å². The van der Waals surface area contributed by atoms with Crippen LogP contribution in [0.1, 0.15) is 22.7 Å². The zero-order chi connectivity index (χ0) is 11.7. The third-order valence-electron chi connectivity index (χ3n) is 3.69. The largest absolute Gasteiger partial charge is 0.316 e. The first kappa shape index (κ1) is 11.6. The van der Waals surface area contributed by atoms with Crippen molar-refractivity contribution in [2.75, 3.05) is 27.2 Å². The molecule has 1 heterocycles. The third kappa shape index (κ3) is 2.13. The SMILES string of the molecule is Cc1ccc(C(C2CNC2)N(C)C)cc1C. The first-order valence-corrected chi connectivity index (χ1v) is 6.04. The summed E-state index contributed by atoms with van der Waals surface area (Å²) in [6.45, 7) is 6.67. The lowest BCUT2D eigenvalue weighted by Gasteiger charge is -2.39. The lowest BCUT2D eigenvalue weighted by molar-refractivity contribution is 0.161. The van der Waals surface area contributed by atoms with Crippen LogP contribution in [0.15, 0.2) is 18.2 Å². The Morgan fingerprint density at radius 3 is 2.31 bits per heavy atom. The molecule has 1 aromatic rings. The molecule has 2 rings (SSSR count). The number of benzene rings is 1. The van der Waals surface area contributed by atoms with E-state index in [0.29, 0.717) is 6.04 Å². The van der Waals surface area contributed by atoms with Crippen LogP contribution in [0.5, 0.6) is 0 Å². The number of aryl methyl sites for hydroxylation is 2. The summed E-state index contributed by atoms with van der Waals surface area (Å²) in [7, 11) is 4.36. The van der Waals surface area contributed by atoms with Crippen LogP contribution in [-0.2, 0) is 0 Å². The fourth-order valence-electron chi connectivity index (χ4n) is 2.47. The highest BCUT2D eigenvalue weighted by Crippen LogP contribution is 2.30. The molecule has 1 atom stereocenters. The highest BCUT2D eigenvalue weighted by Gasteiger charge is 2.29. The normalized spacial score (nSPS) is 18.6. The maximum atomic E-state index is 3.37. The van der Waals surface area contributed by atoms with Gasteiger partial charge in [-0.2, -0.15) is 0 Å². The molecule has 1 aliphatic rings. The van der Waals surface area contributed by atoms with Crippen molar-refractivity contribution in [2.45, 2.75) is 19.9 Å². The molecule has 1 aliphatic heterocycles. The van der Waals surface area contributed by atoms with Gasteiger partial charge in [0, 0.05) is 25.0 Å². The monoisotopic (exact) mass is 218 g/mol. The van der Waals surface area contributed by atoms with Gasteiger partial charge < -0.3 is 10.2 Å². The van der Waals surface area contributed by atoms with Gasteiger partial charge >= 0.3 is 0 Å².